The van der Waals surface area contributed by atoms with Crippen LogP contribution < -0.4 is 0 Å². The molecule has 0 spiro atoms. The molecule has 0 saturated heterocycles. The second kappa shape index (κ2) is 10.5. The van der Waals surface area contributed by atoms with Crippen LogP contribution in [-0.2, 0) is 14.4 Å². The van der Waals surface area contributed by atoms with Crippen LogP contribution in [0.4, 0.5) is 0 Å². The van der Waals surface area contributed by atoms with Crippen molar-refractivity contribution in [2.75, 3.05) is 0 Å². The summed E-state index contributed by atoms with van der Waals surface area (Å²) in [5.41, 5.74) is 5.98. The first-order valence-corrected chi connectivity index (χ1v) is 12.4. The van der Waals surface area contributed by atoms with Gasteiger partial charge in [-0.2, -0.15) is 32.8 Å². The van der Waals surface area contributed by atoms with Crippen molar-refractivity contribution in [1.29, 1.82) is 0 Å². The van der Waals surface area contributed by atoms with Gasteiger partial charge in [-0.1, -0.05) is 55.4 Å². The van der Waals surface area contributed by atoms with E-state index in [0.29, 0.717) is 0 Å². The van der Waals surface area contributed by atoms with Gasteiger partial charge in [0, 0.05) is 0 Å². The second-order valence-electron chi connectivity index (χ2n) is 5.13. The predicted octanol–water partition coefficient (Wildman–Crippen LogP) is 7.82. The molecule has 119 valence electrons. The zero-order chi connectivity index (χ0) is 16.7. The van der Waals surface area contributed by atoms with Crippen molar-refractivity contribution in [2.24, 2.45) is 0 Å². The topological polar surface area (TPSA) is 0 Å². The van der Waals surface area contributed by atoms with E-state index < -0.39 is 0 Å². The molecule has 21 heavy (non-hydrogen) atoms. The molecule has 0 bridgehead atoms. The summed E-state index contributed by atoms with van der Waals surface area (Å²) >= 11 is -0.368. The van der Waals surface area contributed by atoms with Gasteiger partial charge in [-0.05, 0) is 0 Å². The molecular weight excluding hydrogens is 376 g/mol. The molecule has 0 aromatic carbocycles. The third-order valence-electron chi connectivity index (χ3n) is 3.97. The Labute approximate surface area is 148 Å². The van der Waals surface area contributed by atoms with Crippen molar-refractivity contribution in [1.82, 2.24) is 0 Å². The van der Waals surface area contributed by atoms with Gasteiger partial charge in [-0.3, -0.25) is 0 Å². The minimum atomic E-state index is -0.368. The summed E-state index contributed by atoms with van der Waals surface area (Å²) in [5.74, 6) is 0. The van der Waals surface area contributed by atoms with E-state index in [2.05, 4.69) is 55.4 Å². The average Bonchev–Trinajstić information content (AvgIpc) is 2.77. The van der Waals surface area contributed by atoms with Crippen molar-refractivity contribution in [3.8, 4) is 0 Å². The number of aryl methyl sites for hydroxylation is 4. The number of halogens is 2. The van der Waals surface area contributed by atoms with E-state index in [1.165, 1.54) is 59.8 Å². The van der Waals surface area contributed by atoms with E-state index in [9.17, 15) is 0 Å². The molecule has 2 heterocycles. The van der Waals surface area contributed by atoms with E-state index in [0.717, 1.165) is 0 Å². The van der Waals surface area contributed by atoms with E-state index in [1.54, 1.807) is 0 Å². The molecule has 2 rings (SSSR count). The Morgan fingerprint density at radius 1 is 0.714 bits per heavy atom. The average molecular weight is 400 g/mol. The van der Waals surface area contributed by atoms with Gasteiger partial charge in [-0.25, -0.2) is 16.4 Å². The van der Waals surface area contributed by atoms with Gasteiger partial charge in [0.05, 0.1) is 0 Å². The summed E-state index contributed by atoms with van der Waals surface area (Å²) in [6, 6.07) is 0. The first-order valence-electron chi connectivity index (χ1n) is 6.73. The van der Waals surface area contributed by atoms with Gasteiger partial charge < -0.3 is 0 Å². The van der Waals surface area contributed by atoms with E-state index >= 15 is 0 Å². The van der Waals surface area contributed by atoms with Gasteiger partial charge in [0.25, 0.3) is 0 Å². The quantitative estimate of drug-likeness (QED) is 0.396. The van der Waals surface area contributed by atoms with Crippen LogP contribution in [0.3, 0.4) is 0 Å². The summed E-state index contributed by atoms with van der Waals surface area (Å²) in [6.45, 7) is 17.6. The zero-order valence-corrected chi connectivity index (χ0v) is 18.8. The maximum atomic E-state index is 4.86. The van der Waals surface area contributed by atoms with Crippen molar-refractivity contribution < 1.29 is 14.4 Å². The Hall–Kier alpha value is 0.724. The molecule has 0 radical (unpaired) electrons. The van der Waals surface area contributed by atoms with Crippen LogP contribution in [0.25, 0.3) is 0 Å². The fourth-order valence-electron chi connectivity index (χ4n) is 1.92. The van der Waals surface area contributed by atoms with Crippen molar-refractivity contribution in [3.05, 3.63) is 43.4 Å². The van der Waals surface area contributed by atoms with Gasteiger partial charge in [0.15, 0.2) is 0 Å². The Balaban J connectivity index is 0.000000322. The summed E-state index contributed by atoms with van der Waals surface area (Å²) in [7, 11) is 12.6. The van der Waals surface area contributed by atoms with Crippen LogP contribution in [0.15, 0.2) is 0 Å². The maximum absolute atomic E-state index is 4.86. The molecule has 0 aliphatic rings. The molecule has 2 aromatic heterocycles. The molecule has 5 heteroatoms. The summed E-state index contributed by atoms with van der Waals surface area (Å²) in [4.78, 5) is 0. The van der Waals surface area contributed by atoms with Crippen LogP contribution in [-0.4, -0.2) is 0 Å². The van der Waals surface area contributed by atoms with Gasteiger partial charge in [0.1, 0.15) is 0 Å². The van der Waals surface area contributed by atoms with E-state index in [1.807, 2.05) is 0 Å². The predicted molar refractivity (Wildman–Crippen MR) is 98.7 cm³/mol. The van der Waals surface area contributed by atoms with Crippen molar-refractivity contribution in [3.63, 3.8) is 0 Å². The SMILES string of the molecule is Cc1p[c-](C)c(C)c1C.Cc1p[c-](C)c(C)c1C.[Cl][V][Cl]. The number of rotatable bonds is 0. The van der Waals surface area contributed by atoms with Crippen LogP contribution in [0.1, 0.15) is 43.4 Å². The molecule has 0 N–H and O–H groups in total. The molecule has 0 fully saturated rings. The third kappa shape index (κ3) is 6.79. The monoisotopic (exact) mass is 399 g/mol. The Bertz CT molecular complexity index is 476. The Morgan fingerprint density at radius 3 is 1.00 bits per heavy atom. The summed E-state index contributed by atoms with van der Waals surface area (Å²) in [6.07, 6.45) is 0. The molecule has 0 aliphatic carbocycles. The number of hydrogen-bond acceptors (Lipinski definition) is 0. The first-order chi connectivity index (χ1) is 9.67. The standard InChI is InChI=1S/2C8H12P.2ClH.V/c2*1-5-6(2)8(4)9-7(5)3;;;/h2*1-4H3;2*1H;/q2*-1;;;+2/p-2. The molecule has 0 aliphatic heterocycles. The molecule has 2 aromatic rings. The summed E-state index contributed by atoms with van der Waals surface area (Å²) < 4.78 is 0. The molecule has 0 nitrogen and oxygen atoms in total. The van der Waals surface area contributed by atoms with Crippen molar-refractivity contribution in [2.45, 2.75) is 55.4 Å². The van der Waals surface area contributed by atoms with E-state index in [-0.39, 0.29) is 14.4 Å². The van der Waals surface area contributed by atoms with Gasteiger partial charge in [0.2, 0.25) is 0 Å². The number of hydrogen-bond donors (Lipinski definition) is 0. The fourth-order valence-corrected chi connectivity index (χ4v) is 4.27. The Morgan fingerprint density at radius 2 is 0.952 bits per heavy atom. The van der Waals surface area contributed by atoms with E-state index in [4.69, 9.17) is 19.7 Å². The summed E-state index contributed by atoms with van der Waals surface area (Å²) in [5, 5.41) is 6.07. The molecule has 0 unspecified atom stereocenters. The zero-order valence-electron chi connectivity index (χ0n) is 14.1. The van der Waals surface area contributed by atoms with Crippen LogP contribution in [0, 0.1) is 55.4 Å². The van der Waals surface area contributed by atoms with Crippen molar-refractivity contribution >= 4 is 36.1 Å². The molecular formula is C16H24Cl2P2V-2. The third-order valence-corrected chi connectivity index (χ3v) is 6.65. The van der Waals surface area contributed by atoms with Crippen LogP contribution in [0.5, 0.6) is 0 Å². The molecule has 0 amide bonds. The van der Waals surface area contributed by atoms with Gasteiger partial charge in [-0.15, -0.1) is 10.6 Å². The van der Waals surface area contributed by atoms with Crippen LogP contribution in [0.2, 0.25) is 0 Å². The second-order valence-corrected chi connectivity index (χ2v) is 10.6. The molecule has 0 saturated carbocycles. The van der Waals surface area contributed by atoms with Gasteiger partial charge >= 0.3 is 34.1 Å². The first kappa shape index (κ1) is 21.7. The molecule has 0 atom stereocenters. The fraction of sp³-hybridized carbons (Fsp3) is 0.500. The minimum absolute atomic E-state index is 0.368. The van der Waals surface area contributed by atoms with Crippen LogP contribution >= 0.6 is 36.1 Å². The Kier molecular flexibility index (Phi) is 10.9. The normalized spacial score (nSPS) is 10.2.